The molecule has 1 aliphatic rings. The van der Waals surface area contributed by atoms with Crippen LogP contribution in [-0.2, 0) is 9.53 Å². The Morgan fingerprint density at radius 2 is 1.15 bits per heavy atom. The van der Waals surface area contributed by atoms with Crippen LogP contribution in [0.3, 0.4) is 0 Å². The molecule has 0 aromatic heterocycles. The lowest BCUT2D eigenvalue weighted by Gasteiger charge is -2.37. The Kier molecular flexibility index (Phi) is 6.62. The number of ether oxygens (including phenoxy) is 1. The summed E-state index contributed by atoms with van der Waals surface area (Å²) in [6.45, 7) is 0. The summed E-state index contributed by atoms with van der Waals surface area (Å²) in [5, 5.41) is 32.6. The van der Waals surface area contributed by atoms with Crippen molar-refractivity contribution in [2.24, 2.45) is 0 Å². The fourth-order valence-electron chi connectivity index (χ4n) is 4.09. The summed E-state index contributed by atoms with van der Waals surface area (Å²) in [5.41, 5.74) is -5.81. The number of rotatable bonds is 7. The monoisotopic (exact) mass is 524 g/mol. The van der Waals surface area contributed by atoms with Crippen LogP contribution in [0.15, 0.2) is 91.0 Å². The number of alkyl halides is 1. The van der Waals surface area contributed by atoms with Gasteiger partial charge in [-0.3, -0.25) is 14.4 Å². The Morgan fingerprint density at radius 1 is 0.735 bits per heavy atom. The summed E-state index contributed by atoms with van der Waals surface area (Å²) in [4.78, 5) is 40.5. The van der Waals surface area contributed by atoms with Gasteiger partial charge in [0.25, 0.3) is 0 Å². The third kappa shape index (κ3) is 3.73. The number of aliphatic hydroxyl groups is 3. The van der Waals surface area contributed by atoms with E-state index in [0.29, 0.717) is 0 Å². The number of hydrogen-bond acceptors (Lipinski definition) is 7. The largest absolute Gasteiger partial charge is 0.380 e. The first-order valence-electron chi connectivity index (χ1n) is 10.4. The predicted molar refractivity (Wildman–Crippen MR) is 125 cm³/mol. The van der Waals surface area contributed by atoms with Gasteiger partial charge in [-0.15, -0.1) is 0 Å². The first-order chi connectivity index (χ1) is 16.2. The smallest absolute Gasteiger partial charge is 0.203 e. The molecule has 1 heterocycles. The van der Waals surface area contributed by atoms with Gasteiger partial charge in [-0.25, -0.2) is 0 Å². The van der Waals surface area contributed by atoms with Crippen molar-refractivity contribution in [3.63, 3.8) is 0 Å². The summed E-state index contributed by atoms with van der Waals surface area (Å²) in [6, 6.07) is 22.9. The van der Waals surface area contributed by atoms with Crippen LogP contribution in [0.25, 0.3) is 0 Å². The Bertz CT molecular complexity index is 1200. The van der Waals surface area contributed by atoms with Crippen molar-refractivity contribution in [2.45, 2.75) is 28.4 Å². The number of ketones is 3. The second kappa shape index (κ2) is 9.32. The topological polar surface area (TPSA) is 121 Å². The number of Topliss-reactive ketones (excluding diaryl/α,β-unsaturated/α-hetero) is 3. The van der Waals surface area contributed by atoms with Gasteiger partial charge in [-0.2, -0.15) is 0 Å². The van der Waals surface area contributed by atoms with Crippen molar-refractivity contribution in [3.05, 3.63) is 108 Å². The van der Waals surface area contributed by atoms with E-state index in [1.165, 1.54) is 48.5 Å². The molecule has 34 heavy (non-hydrogen) atoms. The van der Waals surface area contributed by atoms with Gasteiger partial charge in [0.05, 0.1) is 0 Å². The van der Waals surface area contributed by atoms with Crippen LogP contribution in [-0.4, -0.2) is 55.0 Å². The van der Waals surface area contributed by atoms with Gasteiger partial charge in [0.2, 0.25) is 22.8 Å². The molecular weight excluding hydrogens is 504 g/mol. The molecule has 174 valence electrons. The summed E-state index contributed by atoms with van der Waals surface area (Å²) < 4.78 is 5.55. The van der Waals surface area contributed by atoms with Crippen LogP contribution >= 0.6 is 15.9 Å². The molecule has 0 saturated carbocycles. The Morgan fingerprint density at radius 3 is 1.62 bits per heavy atom. The van der Waals surface area contributed by atoms with Gasteiger partial charge in [0, 0.05) is 11.1 Å². The molecule has 5 atom stereocenters. The summed E-state index contributed by atoms with van der Waals surface area (Å²) in [5.74, 6) is -3.20. The third-order valence-electron chi connectivity index (χ3n) is 5.95. The van der Waals surface area contributed by atoms with E-state index in [0.717, 1.165) is 0 Å². The Labute approximate surface area is 203 Å². The average Bonchev–Trinajstić information content (AvgIpc) is 3.10. The van der Waals surface area contributed by atoms with Crippen molar-refractivity contribution in [1.29, 1.82) is 0 Å². The Balaban J connectivity index is 1.86. The molecular formula is C26H21BrO7. The zero-order valence-corrected chi connectivity index (χ0v) is 19.3. The fraction of sp³-hybridized carbons (Fsp3) is 0.192. The van der Waals surface area contributed by atoms with Crippen LogP contribution in [0.2, 0.25) is 0 Å². The number of aliphatic hydroxyl groups excluding tert-OH is 1. The lowest BCUT2D eigenvalue weighted by atomic mass is 9.71. The van der Waals surface area contributed by atoms with Crippen LogP contribution in [0.5, 0.6) is 0 Å². The van der Waals surface area contributed by atoms with Crippen molar-refractivity contribution < 1.29 is 34.4 Å². The van der Waals surface area contributed by atoms with E-state index in [2.05, 4.69) is 15.9 Å². The zero-order valence-electron chi connectivity index (χ0n) is 17.7. The van der Waals surface area contributed by atoms with Crippen molar-refractivity contribution in [1.82, 2.24) is 0 Å². The van der Waals surface area contributed by atoms with Gasteiger partial charge in [-0.1, -0.05) is 107 Å². The van der Waals surface area contributed by atoms with Gasteiger partial charge in [0.1, 0.15) is 6.10 Å². The van der Waals surface area contributed by atoms with Crippen LogP contribution in [0.1, 0.15) is 32.4 Å². The first-order valence-corrected chi connectivity index (χ1v) is 11.3. The molecule has 0 spiro atoms. The van der Waals surface area contributed by atoms with Crippen molar-refractivity contribution in [3.8, 4) is 0 Å². The van der Waals surface area contributed by atoms with Crippen LogP contribution in [0, 0.1) is 0 Å². The molecule has 1 fully saturated rings. The van der Waals surface area contributed by atoms with Gasteiger partial charge in [-0.05, 0) is 5.56 Å². The molecule has 3 aromatic carbocycles. The first kappa shape index (κ1) is 24.1. The molecule has 3 aromatic rings. The molecule has 0 bridgehead atoms. The summed E-state index contributed by atoms with van der Waals surface area (Å²) in [6.07, 6.45) is -3.84. The normalized spacial score (nSPS) is 27.2. The maximum atomic E-state index is 13.6. The molecule has 4 rings (SSSR count). The maximum absolute atomic E-state index is 13.6. The lowest BCUT2D eigenvalue weighted by molar-refractivity contribution is -0.147. The molecule has 0 radical (unpaired) electrons. The number of carbonyl (C=O) groups excluding carboxylic acids is 3. The van der Waals surface area contributed by atoms with Gasteiger partial charge < -0.3 is 20.1 Å². The minimum Gasteiger partial charge on any atom is -0.380 e. The third-order valence-corrected chi connectivity index (χ3v) is 6.83. The molecule has 0 aliphatic carbocycles. The highest BCUT2D eigenvalue weighted by atomic mass is 79.9. The second-order valence-electron chi connectivity index (χ2n) is 7.97. The molecule has 1 saturated heterocycles. The van der Waals surface area contributed by atoms with E-state index < -0.39 is 45.8 Å². The average molecular weight is 525 g/mol. The Hall–Kier alpha value is -3.01. The zero-order chi connectivity index (χ0) is 24.5. The highest BCUT2D eigenvalue weighted by Crippen LogP contribution is 2.47. The van der Waals surface area contributed by atoms with Gasteiger partial charge in [0.15, 0.2) is 16.9 Å². The van der Waals surface area contributed by atoms with E-state index >= 15 is 0 Å². The minimum absolute atomic E-state index is 0.00552. The summed E-state index contributed by atoms with van der Waals surface area (Å²) >= 11 is 3.05. The lowest BCUT2D eigenvalue weighted by Crippen LogP contribution is -2.68. The minimum atomic E-state index is -3.05. The molecule has 7 nitrogen and oxygen atoms in total. The highest BCUT2D eigenvalue weighted by molar-refractivity contribution is 9.09. The van der Waals surface area contributed by atoms with Gasteiger partial charge >= 0.3 is 0 Å². The second-order valence-corrected chi connectivity index (χ2v) is 8.80. The quantitative estimate of drug-likeness (QED) is 0.320. The van der Waals surface area contributed by atoms with E-state index in [1.54, 1.807) is 42.5 Å². The molecule has 1 aliphatic heterocycles. The van der Waals surface area contributed by atoms with Crippen molar-refractivity contribution in [2.75, 3.05) is 0 Å². The van der Waals surface area contributed by atoms with Crippen molar-refractivity contribution >= 4 is 33.3 Å². The van der Waals surface area contributed by atoms with E-state index in [1.807, 2.05) is 0 Å². The van der Waals surface area contributed by atoms with E-state index in [4.69, 9.17) is 4.74 Å². The molecule has 8 heteroatoms. The van der Waals surface area contributed by atoms with Crippen LogP contribution < -0.4 is 0 Å². The number of hydrogen-bond donors (Lipinski definition) is 3. The highest BCUT2D eigenvalue weighted by Gasteiger charge is 2.74. The summed E-state index contributed by atoms with van der Waals surface area (Å²) in [7, 11) is 0. The standard InChI is InChI=1S/C26H21BrO7/c27-24-26(33,22(31)18-14-8-3-9-15-18)25(32,21(30)17-12-6-2-7-13-17)23(34-24)20(29)19(28)16-10-4-1-5-11-16/h1-15,19,23-24,28,32-33H/t19?,23-,24+,25-,26+/m1/s1. The molecule has 0 amide bonds. The van der Waals surface area contributed by atoms with Crippen LogP contribution in [0.4, 0.5) is 0 Å². The number of carbonyl (C=O) groups is 3. The van der Waals surface area contributed by atoms with E-state index in [9.17, 15) is 29.7 Å². The predicted octanol–water partition coefficient (Wildman–Crippen LogP) is 2.64. The number of halogens is 1. The fourth-order valence-corrected chi connectivity index (χ4v) is 4.87. The molecule has 3 N–H and O–H groups in total. The number of benzene rings is 3. The van der Waals surface area contributed by atoms with E-state index in [-0.39, 0.29) is 16.7 Å². The molecule has 1 unspecified atom stereocenters. The SMILES string of the molecule is O=C(C(O)c1ccccc1)[C@H]1O[C@H](Br)[C@@](O)(C(=O)c2ccccc2)[C@@]1(O)C(=O)c1ccccc1. The maximum Gasteiger partial charge on any atom is 0.203 e.